The molecule has 0 saturated heterocycles. The maximum absolute atomic E-state index is 10.7. The van der Waals surface area contributed by atoms with E-state index >= 15 is 0 Å². The number of aromatic nitrogens is 3. The predicted molar refractivity (Wildman–Crippen MR) is 84.6 cm³/mol. The van der Waals surface area contributed by atoms with Gasteiger partial charge in [-0.2, -0.15) is 5.10 Å². The van der Waals surface area contributed by atoms with Crippen molar-refractivity contribution in [1.29, 1.82) is 0 Å². The van der Waals surface area contributed by atoms with Gasteiger partial charge in [-0.25, -0.2) is 9.67 Å². The van der Waals surface area contributed by atoms with Crippen LogP contribution in [0.1, 0.15) is 58.2 Å². The van der Waals surface area contributed by atoms with Crippen LogP contribution in [0.4, 0.5) is 0 Å². The summed E-state index contributed by atoms with van der Waals surface area (Å²) in [7, 11) is 0. The summed E-state index contributed by atoms with van der Waals surface area (Å²) in [6, 6.07) is 4.15. The molecule has 2 rings (SSSR count). The number of benzene rings is 1. The fraction of sp³-hybridized carbons (Fsp3) is 0.529. The largest absolute Gasteiger partial charge is 0.507 e. The Bertz CT molecular complexity index is 581. The molecular weight excluding hydrogens is 262 g/mol. The standard InChI is InChI=1S/C17H25N3O/c1-16(2,3)13-7-12(9-20-11-18-10-19-20)8-14(15(13)21)17(4,5)6/h7-8,10-11,21H,9H2,1-6H3. The minimum absolute atomic E-state index is 0.109. The topological polar surface area (TPSA) is 50.9 Å². The van der Waals surface area contributed by atoms with Crippen molar-refractivity contribution in [2.24, 2.45) is 0 Å². The van der Waals surface area contributed by atoms with Crippen LogP contribution in [0.2, 0.25) is 0 Å². The van der Waals surface area contributed by atoms with Crippen LogP contribution in [-0.4, -0.2) is 19.9 Å². The molecule has 0 radical (unpaired) electrons. The summed E-state index contributed by atoms with van der Waals surface area (Å²) in [5.41, 5.74) is 2.87. The first kappa shape index (κ1) is 15.5. The lowest BCUT2D eigenvalue weighted by molar-refractivity contribution is 0.422. The van der Waals surface area contributed by atoms with Crippen LogP contribution < -0.4 is 0 Å². The molecule has 1 N–H and O–H groups in total. The molecule has 4 heteroatoms. The average molecular weight is 287 g/mol. The van der Waals surface area contributed by atoms with Gasteiger partial charge in [-0.1, -0.05) is 41.5 Å². The van der Waals surface area contributed by atoms with Crippen molar-refractivity contribution in [3.05, 3.63) is 41.5 Å². The van der Waals surface area contributed by atoms with Gasteiger partial charge in [-0.3, -0.25) is 0 Å². The maximum atomic E-state index is 10.7. The Morgan fingerprint density at radius 1 is 1.00 bits per heavy atom. The Morgan fingerprint density at radius 3 is 1.90 bits per heavy atom. The van der Waals surface area contributed by atoms with Crippen molar-refractivity contribution in [3.63, 3.8) is 0 Å². The van der Waals surface area contributed by atoms with E-state index in [1.165, 1.54) is 6.33 Å². The Labute approximate surface area is 126 Å². The number of hydrogen-bond acceptors (Lipinski definition) is 3. The van der Waals surface area contributed by atoms with Crippen LogP contribution in [0.3, 0.4) is 0 Å². The molecule has 0 aliphatic rings. The second-order valence-corrected chi connectivity index (χ2v) is 7.63. The van der Waals surface area contributed by atoms with E-state index in [2.05, 4.69) is 63.8 Å². The Balaban J connectivity index is 2.56. The van der Waals surface area contributed by atoms with Crippen LogP contribution in [-0.2, 0) is 17.4 Å². The van der Waals surface area contributed by atoms with E-state index in [1.807, 2.05) is 0 Å². The molecule has 1 aromatic heterocycles. The van der Waals surface area contributed by atoms with Crippen LogP contribution in [0.15, 0.2) is 24.8 Å². The normalized spacial score (nSPS) is 12.7. The SMILES string of the molecule is CC(C)(C)c1cc(Cn2cncn2)cc(C(C)(C)C)c1O. The molecule has 0 spiro atoms. The quantitative estimate of drug-likeness (QED) is 0.917. The van der Waals surface area contributed by atoms with E-state index in [0.717, 1.165) is 16.7 Å². The molecule has 0 aliphatic heterocycles. The van der Waals surface area contributed by atoms with Crippen molar-refractivity contribution in [1.82, 2.24) is 14.8 Å². The molecule has 0 saturated carbocycles. The highest BCUT2D eigenvalue weighted by Gasteiger charge is 2.26. The third-order valence-electron chi connectivity index (χ3n) is 3.60. The monoisotopic (exact) mass is 287 g/mol. The number of phenolic OH excluding ortho intramolecular Hbond substituents is 1. The molecule has 114 valence electrons. The summed E-state index contributed by atoms with van der Waals surface area (Å²) < 4.78 is 1.80. The van der Waals surface area contributed by atoms with Gasteiger partial charge in [-0.15, -0.1) is 0 Å². The van der Waals surface area contributed by atoms with Gasteiger partial charge < -0.3 is 5.11 Å². The maximum Gasteiger partial charge on any atom is 0.137 e. The highest BCUT2D eigenvalue weighted by Crippen LogP contribution is 2.39. The zero-order valence-electron chi connectivity index (χ0n) is 13.8. The fourth-order valence-electron chi connectivity index (χ4n) is 2.43. The van der Waals surface area contributed by atoms with Gasteiger partial charge in [0, 0.05) is 0 Å². The first-order valence-corrected chi connectivity index (χ1v) is 7.28. The van der Waals surface area contributed by atoms with E-state index in [1.54, 1.807) is 11.0 Å². The molecule has 2 aromatic rings. The number of hydrogen-bond donors (Lipinski definition) is 1. The predicted octanol–water partition coefficient (Wildman–Crippen LogP) is 3.63. The van der Waals surface area contributed by atoms with E-state index in [-0.39, 0.29) is 10.8 Å². The first-order valence-electron chi connectivity index (χ1n) is 7.28. The third kappa shape index (κ3) is 3.43. The van der Waals surface area contributed by atoms with Crippen LogP contribution in [0, 0.1) is 0 Å². The van der Waals surface area contributed by atoms with Crippen LogP contribution in [0.5, 0.6) is 5.75 Å². The first-order chi connectivity index (χ1) is 9.59. The zero-order valence-corrected chi connectivity index (χ0v) is 13.8. The lowest BCUT2D eigenvalue weighted by Crippen LogP contribution is -2.18. The molecular formula is C17H25N3O. The van der Waals surface area contributed by atoms with Gasteiger partial charge in [0.15, 0.2) is 0 Å². The lowest BCUT2D eigenvalue weighted by atomic mass is 9.78. The zero-order chi connectivity index (χ0) is 15.8. The minimum atomic E-state index is -0.109. The molecule has 0 bridgehead atoms. The van der Waals surface area contributed by atoms with Gasteiger partial charge in [0.2, 0.25) is 0 Å². The highest BCUT2D eigenvalue weighted by molar-refractivity contribution is 5.49. The molecule has 0 fully saturated rings. The van der Waals surface area contributed by atoms with Crippen molar-refractivity contribution >= 4 is 0 Å². The van der Waals surface area contributed by atoms with E-state index in [9.17, 15) is 5.11 Å². The van der Waals surface area contributed by atoms with Gasteiger partial charge >= 0.3 is 0 Å². The van der Waals surface area contributed by atoms with Gasteiger partial charge in [-0.05, 0) is 39.7 Å². The summed E-state index contributed by atoms with van der Waals surface area (Å²) in [6.07, 6.45) is 3.25. The van der Waals surface area contributed by atoms with Gasteiger partial charge in [0.25, 0.3) is 0 Å². The number of aromatic hydroxyl groups is 1. The number of phenols is 1. The van der Waals surface area contributed by atoms with Gasteiger partial charge in [0.05, 0.1) is 6.54 Å². The van der Waals surface area contributed by atoms with Crippen LogP contribution in [0.25, 0.3) is 0 Å². The summed E-state index contributed by atoms with van der Waals surface area (Å²) >= 11 is 0. The Hall–Kier alpha value is -1.84. The van der Waals surface area contributed by atoms with Gasteiger partial charge in [0.1, 0.15) is 18.4 Å². The summed E-state index contributed by atoms with van der Waals surface area (Å²) in [5.74, 6) is 0.414. The van der Waals surface area contributed by atoms with Crippen LogP contribution >= 0.6 is 0 Å². The Morgan fingerprint density at radius 2 is 1.52 bits per heavy atom. The number of rotatable bonds is 2. The molecule has 1 aromatic carbocycles. The molecule has 21 heavy (non-hydrogen) atoms. The van der Waals surface area contributed by atoms with E-state index in [0.29, 0.717) is 12.3 Å². The molecule has 0 aliphatic carbocycles. The highest BCUT2D eigenvalue weighted by atomic mass is 16.3. The third-order valence-corrected chi connectivity index (χ3v) is 3.60. The van der Waals surface area contributed by atoms with E-state index < -0.39 is 0 Å². The average Bonchev–Trinajstić information content (AvgIpc) is 2.81. The Kier molecular flexibility index (Phi) is 3.83. The van der Waals surface area contributed by atoms with Crippen molar-refractivity contribution < 1.29 is 5.11 Å². The van der Waals surface area contributed by atoms with Crippen molar-refractivity contribution in [2.75, 3.05) is 0 Å². The fourth-order valence-corrected chi connectivity index (χ4v) is 2.43. The molecule has 0 atom stereocenters. The summed E-state index contributed by atoms with van der Waals surface area (Å²) in [4.78, 5) is 3.98. The van der Waals surface area contributed by atoms with Crippen molar-refractivity contribution in [2.45, 2.75) is 58.9 Å². The molecule has 0 amide bonds. The number of nitrogens with zero attached hydrogens (tertiary/aromatic N) is 3. The molecule has 0 unspecified atom stereocenters. The smallest absolute Gasteiger partial charge is 0.137 e. The van der Waals surface area contributed by atoms with Crippen molar-refractivity contribution in [3.8, 4) is 5.75 Å². The lowest BCUT2D eigenvalue weighted by Gasteiger charge is -2.28. The summed E-state index contributed by atoms with van der Waals surface area (Å²) in [6.45, 7) is 13.4. The second kappa shape index (κ2) is 5.17. The minimum Gasteiger partial charge on any atom is -0.507 e. The molecule has 1 heterocycles. The molecule has 4 nitrogen and oxygen atoms in total. The summed E-state index contributed by atoms with van der Waals surface area (Å²) in [5, 5.41) is 14.8. The second-order valence-electron chi connectivity index (χ2n) is 7.63. The van der Waals surface area contributed by atoms with E-state index in [4.69, 9.17) is 0 Å².